The lowest BCUT2D eigenvalue weighted by Gasteiger charge is -2.21. The summed E-state index contributed by atoms with van der Waals surface area (Å²) in [6.45, 7) is 8.29. The van der Waals surface area contributed by atoms with Gasteiger partial charge in [-0.2, -0.15) is 0 Å². The minimum atomic E-state index is -0.0284. The number of hydrogen-bond acceptors (Lipinski definition) is 5. The van der Waals surface area contributed by atoms with Crippen molar-refractivity contribution in [2.24, 2.45) is 0 Å². The Hall–Kier alpha value is -2.15. The molecule has 0 aliphatic carbocycles. The van der Waals surface area contributed by atoms with Crippen LogP contribution < -0.4 is 9.64 Å². The van der Waals surface area contributed by atoms with E-state index in [9.17, 15) is 4.79 Å². The molecule has 7 heteroatoms. The van der Waals surface area contributed by atoms with Gasteiger partial charge in [0, 0.05) is 12.1 Å². The predicted octanol–water partition coefficient (Wildman–Crippen LogP) is 5.33. The second-order valence-corrected chi connectivity index (χ2v) is 8.48. The van der Waals surface area contributed by atoms with Gasteiger partial charge in [-0.3, -0.25) is 9.69 Å². The Kier molecular flexibility index (Phi) is 8.65. The van der Waals surface area contributed by atoms with Gasteiger partial charge < -0.3 is 9.64 Å². The van der Waals surface area contributed by atoms with Crippen LogP contribution in [0.3, 0.4) is 0 Å². The summed E-state index contributed by atoms with van der Waals surface area (Å²) in [6, 6.07) is 11.6. The third-order valence-corrected chi connectivity index (χ3v) is 5.91. The molecule has 0 bridgehead atoms. The van der Waals surface area contributed by atoms with Crippen LogP contribution in [0.1, 0.15) is 34.8 Å². The number of hydrogen-bond donors (Lipinski definition) is 0. The number of halogens is 1. The molecule has 0 radical (unpaired) electrons. The Balaban J connectivity index is 0.00000320. The molecule has 2 aromatic carbocycles. The predicted molar refractivity (Wildman–Crippen MR) is 129 cm³/mol. The Morgan fingerprint density at radius 2 is 1.73 bits per heavy atom. The lowest BCUT2D eigenvalue weighted by atomic mass is 10.1. The summed E-state index contributed by atoms with van der Waals surface area (Å²) in [4.78, 5) is 22.1. The van der Waals surface area contributed by atoms with Crippen LogP contribution in [-0.4, -0.2) is 49.6 Å². The normalized spacial score (nSPS) is 10.9. The largest absolute Gasteiger partial charge is 0.494 e. The highest BCUT2D eigenvalue weighted by Crippen LogP contribution is 2.32. The van der Waals surface area contributed by atoms with Gasteiger partial charge >= 0.3 is 0 Å². The van der Waals surface area contributed by atoms with E-state index in [2.05, 4.69) is 30.9 Å². The number of aryl methyl sites for hydroxylation is 2. The van der Waals surface area contributed by atoms with E-state index in [1.54, 1.807) is 11.3 Å². The molecule has 162 valence electrons. The van der Waals surface area contributed by atoms with Gasteiger partial charge in [0.25, 0.3) is 5.91 Å². The Morgan fingerprint density at radius 1 is 1.07 bits per heavy atom. The fourth-order valence-electron chi connectivity index (χ4n) is 3.13. The van der Waals surface area contributed by atoms with Crippen molar-refractivity contribution in [3.05, 3.63) is 53.1 Å². The molecular weight excluding hydrogens is 418 g/mol. The fraction of sp³-hybridized carbons (Fsp3) is 0.391. The molecule has 0 fully saturated rings. The average molecular weight is 448 g/mol. The molecular formula is C23H30ClN3O2S. The van der Waals surface area contributed by atoms with Crippen molar-refractivity contribution in [2.45, 2.75) is 27.2 Å². The highest BCUT2D eigenvalue weighted by atomic mass is 35.5. The molecule has 0 N–H and O–H groups in total. The molecule has 0 spiro atoms. The summed E-state index contributed by atoms with van der Waals surface area (Å²) in [5.74, 6) is 0.744. The summed E-state index contributed by atoms with van der Waals surface area (Å²) in [7, 11) is 4.09. The number of carbonyl (C=O) groups excluding carboxylic acids is 1. The molecule has 0 aliphatic heterocycles. The third kappa shape index (κ3) is 5.72. The molecule has 1 aromatic heterocycles. The number of rotatable bonds is 8. The molecule has 0 unspecified atom stereocenters. The second-order valence-electron chi connectivity index (χ2n) is 7.47. The van der Waals surface area contributed by atoms with E-state index in [1.807, 2.05) is 50.2 Å². The average Bonchev–Trinajstić information content (AvgIpc) is 3.08. The monoisotopic (exact) mass is 447 g/mol. The summed E-state index contributed by atoms with van der Waals surface area (Å²) in [5.41, 5.74) is 4.05. The van der Waals surface area contributed by atoms with Gasteiger partial charge in [0.15, 0.2) is 5.13 Å². The number of amides is 1. The maximum Gasteiger partial charge on any atom is 0.260 e. The molecule has 5 nitrogen and oxygen atoms in total. The van der Waals surface area contributed by atoms with Crippen LogP contribution in [0.2, 0.25) is 0 Å². The van der Waals surface area contributed by atoms with Crippen LogP contribution in [0.4, 0.5) is 5.13 Å². The minimum absolute atomic E-state index is 0. The first-order valence-electron chi connectivity index (χ1n) is 9.96. The Morgan fingerprint density at radius 3 is 2.37 bits per heavy atom. The standard InChI is InChI=1S/C23H29N3O2S.ClH/c1-6-28-19-10-8-18(9-11-19)22(27)26(13-7-12-25(4)5)23-24-20-14-16(2)17(3)15-21(20)29-23;/h8-11,14-15H,6-7,12-13H2,1-5H3;1H. The van der Waals surface area contributed by atoms with Crippen molar-refractivity contribution in [1.29, 1.82) is 0 Å². The first-order valence-corrected chi connectivity index (χ1v) is 10.8. The number of anilines is 1. The van der Waals surface area contributed by atoms with Crippen molar-refractivity contribution in [2.75, 3.05) is 38.7 Å². The minimum Gasteiger partial charge on any atom is -0.494 e. The number of fused-ring (bicyclic) bond motifs is 1. The van der Waals surface area contributed by atoms with E-state index in [0.29, 0.717) is 18.7 Å². The number of carbonyl (C=O) groups is 1. The Bertz CT molecular complexity index is 947. The van der Waals surface area contributed by atoms with Gasteiger partial charge in [-0.25, -0.2) is 4.98 Å². The van der Waals surface area contributed by atoms with Crippen molar-refractivity contribution in [1.82, 2.24) is 9.88 Å². The van der Waals surface area contributed by atoms with Crippen LogP contribution in [0.5, 0.6) is 5.75 Å². The third-order valence-electron chi connectivity index (χ3n) is 4.87. The van der Waals surface area contributed by atoms with Crippen LogP contribution in [0.15, 0.2) is 36.4 Å². The van der Waals surface area contributed by atoms with Crippen molar-refractivity contribution in [3.8, 4) is 5.75 Å². The zero-order valence-electron chi connectivity index (χ0n) is 18.3. The topological polar surface area (TPSA) is 45.7 Å². The van der Waals surface area contributed by atoms with Gasteiger partial charge in [-0.1, -0.05) is 11.3 Å². The van der Waals surface area contributed by atoms with Crippen LogP contribution in [0, 0.1) is 13.8 Å². The lowest BCUT2D eigenvalue weighted by molar-refractivity contribution is 0.0986. The molecule has 0 aliphatic rings. The van der Waals surface area contributed by atoms with Crippen molar-refractivity contribution >= 4 is 45.0 Å². The molecule has 0 saturated carbocycles. The molecule has 3 rings (SSSR count). The molecule has 1 heterocycles. The quantitative estimate of drug-likeness (QED) is 0.468. The molecule has 1 amide bonds. The van der Waals surface area contributed by atoms with Gasteiger partial charge in [-0.15, -0.1) is 12.4 Å². The van der Waals surface area contributed by atoms with E-state index in [-0.39, 0.29) is 18.3 Å². The van der Waals surface area contributed by atoms with Crippen LogP contribution in [-0.2, 0) is 0 Å². The summed E-state index contributed by atoms with van der Waals surface area (Å²) in [5, 5.41) is 0.752. The number of thiazole rings is 1. The smallest absolute Gasteiger partial charge is 0.260 e. The van der Waals surface area contributed by atoms with E-state index in [0.717, 1.165) is 34.1 Å². The zero-order chi connectivity index (χ0) is 21.0. The summed E-state index contributed by atoms with van der Waals surface area (Å²) < 4.78 is 6.61. The number of ether oxygens (including phenoxy) is 1. The van der Waals surface area contributed by atoms with Crippen LogP contribution in [0.25, 0.3) is 10.2 Å². The van der Waals surface area contributed by atoms with E-state index in [4.69, 9.17) is 9.72 Å². The van der Waals surface area contributed by atoms with Crippen molar-refractivity contribution in [3.63, 3.8) is 0 Å². The SMILES string of the molecule is CCOc1ccc(C(=O)N(CCCN(C)C)c2nc3cc(C)c(C)cc3s2)cc1.Cl. The van der Waals surface area contributed by atoms with E-state index in [1.165, 1.54) is 11.1 Å². The first-order chi connectivity index (χ1) is 13.9. The molecule has 0 saturated heterocycles. The molecule has 0 atom stereocenters. The molecule has 3 aromatic rings. The number of benzene rings is 2. The van der Waals surface area contributed by atoms with E-state index >= 15 is 0 Å². The summed E-state index contributed by atoms with van der Waals surface area (Å²) >= 11 is 1.58. The van der Waals surface area contributed by atoms with E-state index < -0.39 is 0 Å². The highest BCUT2D eigenvalue weighted by Gasteiger charge is 2.21. The van der Waals surface area contributed by atoms with Gasteiger partial charge in [0.2, 0.25) is 0 Å². The lowest BCUT2D eigenvalue weighted by Crippen LogP contribution is -2.33. The highest BCUT2D eigenvalue weighted by molar-refractivity contribution is 7.22. The number of aromatic nitrogens is 1. The first kappa shape index (κ1) is 24.1. The molecule has 30 heavy (non-hydrogen) atoms. The number of nitrogens with zero attached hydrogens (tertiary/aromatic N) is 3. The maximum atomic E-state index is 13.3. The maximum absolute atomic E-state index is 13.3. The zero-order valence-corrected chi connectivity index (χ0v) is 19.9. The Labute approximate surface area is 189 Å². The summed E-state index contributed by atoms with van der Waals surface area (Å²) in [6.07, 6.45) is 0.879. The fourth-order valence-corrected chi connectivity index (χ4v) is 4.20. The van der Waals surface area contributed by atoms with Gasteiger partial charge in [-0.05, 0) is 95.4 Å². The van der Waals surface area contributed by atoms with Gasteiger partial charge in [0.1, 0.15) is 5.75 Å². The van der Waals surface area contributed by atoms with Crippen LogP contribution >= 0.6 is 23.7 Å². The van der Waals surface area contributed by atoms with Crippen molar-refractivity contribution < 1.29 is 9.53 Å². The second kappa shape index (κ2) is 10.8. The van der Waals surface area contributed by atoms with Gasteiger partial charge in [0.05, 0.1) is 16.8 Å².